The van der Waals surface area contributed by atoms with Gasteiger partial charge in [-0.1, -0.05) is 36.8 Å². The molecule has 0 aliphatic carbocycles. The molecule has 0 saturated carbocycles. The van der Waals surface area contributed by atoms with Crippen LogP contribution in [0.1, 0.15) is 47.1 Å². The van der Waals surface area contributed by atoms with Crippen LogP contribution in [-0.2, 0) is 4.79 Å². The van der Waals surface area contributed by atoms with E-state index >= 15 is 0 Å². The van der Waals surface area contributed by atoms with E-state index in [1.807, 2.05) is 45.0 Å². The van der Waals surface area contributed by atoms with Crippen LogP contribution in [0.2, 0.25) is 0 Å². The van der Waals surface area contributed by atoms with E-state index in [2.05, 4.69) is 10.3 Å². The second-order valence-corrected chi connectivity index (χ2v) is 9.29. The zero-order valence-electron chi connectivity index (χ0n) is 19.0. The van der Waals surface area contributed by atoms with Crippen molar-refractivity contribution in [2.75, 3.05) is 5.32 Å². The molecule has 1 unspecified atom stereocenters. The number of fused-ring (bicyclic) bond motifs is 1. The number of rotatable bonds is 6. The Morgan fingerprint density at radius 2 is 1.73 bits per heavy atom. The molecule has 1 atom stereocenters. The number of ketones is 1. The highest BCUT2D eigenvalue weighted by atomic mass is 32.1. The van der Waals surface area contributed by atoms with Crippen LogP contribution in [-0.4, -0.2) is 21.2 Å². The van der Waals surface area contributed by atoms with Crippen LogP contribution >= 0.6 is 11.3 Å². The fourth-order valence-corrected chi connectivity index (χ4v) is 4.93. The molecule has 0 aliphatic rings. The number of thiophene rings is 1. The minimum Gasteiger partial charge on any atom is -0.324 e. The zero-order valence-corrected chi connectivity index (χ0v) is 19.8. The molecule has 2 aromatic carbocycles. The minimum absolute atomic E-state index is 0.0410. The van der Waals surface area contributed by atoms with Gasteiger partial charge >= 0.3 is 0 Å². The number of nitrogens with zero attached hydrogens (tertiary/aromatic N) is 2. The van der Waals surface area contributed by atoms with Crippen molar-refractivity contribution in [1.82, 2.24) is 9.55 Å². The van der Waals surface area contributed by atoms with E-state index in [-0.39, 0.29) is 17.2 Å². The number of hydrogen-bond donors (Lipinski definition) is 1. The maximum absolute atomic E-state index is 13.6. The first kappa shape index (κ1) is 22.6. The first-order valence-electron chi connectivity index (χ1n) is 10.8. The summed E-state index contributed by atoms with van der Waals surface area (Å²) in [5.41, 5.74) is 3.89. The number of amides is 1. The predicted octanol–water partition coefficient (Wildman–Crippen LogP) is 5.53. The second-order valence-electron chi connectivity index (χ2n) is 8.08. The van der Waals surface area contributed by atoms with Crippen molar-refractivity contribution >= 4 is 38.9 Å². The average Bonchev–Trinajstić information content (AvgIpc) is 3.13. The van der Waals surface area contributed by atoms with Crippen LogP contribution < -0.4 is 10.9 Å². The van der Waals surface area contributed by atoms with Crippen LogP contribution in [0.3, 0.4) is 0 Å². The van der Waals surface area contributed by atoms with E-state index in [1.54, 1.807) is 24.3 Å². The lowest BCUT2D eigenvalue weighted by Crippen LogP contribution is -2.33. The maximum Gasteiger partial charge on any atom is 0.263 e. The summed E-state index contributed by atoms with van der Waals surface area (Å²) in [6.45, 7) is 7.36. The number of nitrogens with one attached hydrogen (secondary N) is 1. The van der Waals surface area contributed by atoms with E-state index in [0.717, 1.165) is 21.6 Å². The quantitative estimate of drug-likeness (QED) is 0.384. The topological polar surface area (TPSA) is 81.1 Å². The Balaban J connectivity index is 1.73. The van der Waals surface area contributed by atoms with Crippen LogP contribution in [0.15, 0.2) is 59.7 Å². The van der Waals surface area contributed by atoms with Crippen molar-refractivity contribution in [3.63, 3.8) is 0 Å². The van der Waals surface area contributed by atoms with E-state index in [0.29, 0.717) is 27.9 Å². The lowest BCUT2D eigenvalue weighted by molar-refractivity contribution is -0.119. The van der Waals surface area contributed by atoms with Gasteiger partial charge in [-0.2, -0.15) is 0 Å². The molecule has 0 radical (unpaired) electrons. The third-order valence-electron chi connectivity index (χ3n) is 5.74. The van der Waals surface area contributed by atoms with Gasteiger partial charge in [0.05, 0.1) is 11.7 Å². The molecule has 33 heavy (non-hydrogen) atoms. The normalized spacial score (nSPS) is 12.0. The molecule has 4 aromatic rings. The van der Waals surface area contributed by atoms with Crippen LogP contribution in [0.4, 0.5) is 5.69 Å². The molecule has 0 aliphatic heterocycles. The van der Waals surface area contributed by atoms with Gasteiger partial charge in [0.2, 0.25) is 5.91 Å². The standard InChI is InChI=1S/C26H25N3O3S/c1-5-21(24(31)28-20-12-10-18(11-13-20)16(3)30)29-14-27-25-23(26(29)32)22(17(4)33-25)19-8-6-15(2)7-9-19/h6-14,21H,5H2,1-4H3,(H,28,31). The predicted molar refractivity (Wildman–Crippen MR) is 133 cm³/mol. The second kappa shape index (κ2) is 9.11. The molecule has 0 saturated heterocycles. The van der Waals surface area contributed by atoms with E-state index in [9.17, 15) is 14.4 Å². The molecule has 1 amide bonds. The molecular weight excluding hydrogens is 434 g/mol. The van der Waals surface area contributed by atoms with E-state index in [4.69, 9.17) is 0 Å². The van der Waals surface area contributed by atoms with Gasteiger partial charge in [-0.05, 0) is 57.0 Å². The van der Waals surface area contributed by atoms with Gasteiger partial charge in [0.25, 0.3) is 5.56 Å². The van der Waals surface area contributed by atoms with Gasteiger partial charge in [0.15, 0.2) is 5.78 Å². The van der Waals surface area contributed by atoms with Crippen molar-refractivity contribution in [3.05, 3.63) is 81.2 Å². The average molecular weight is 460 g/mol. The van der Waals surface area contributed by atoms with E-state index in [1.165, 1.54) is 29.2 Å². The van der Waals surface area contributed by atoms with Crippen LogP contribution in [0.5, 0.6) is 0 Å². The Kier molecular flexibility index (Phi) is 6.24. The zero-order chi connectivity index (χ0) is 23.7. The SMILES string of the molecule is CCC(C(=O)Nc1ccc(C(C)=O)cc1)n1cnc2sc(C)c(-c3ccc(C)cc3)c2c1=O. The van der Waals surface area contributed by atoms with Crippen molar-refractivity contribution in [3.8, 4) is 11.1 Å². The van der Waals surface area contributed by atoms with Crippen molar-refractivity contribution in [2.24, 2.45) is 0 Å². The lowest BCUT2D eigenvalue weighted by Gasteiger charge is -2.18. The van der Waals surface area contributed by atoms with Gasteiger partial charge in [-0.25, -0.2) is 4.98 Å². The monoisotopic (exact) mass is 459 g/mol. The number of carbonyl (C=O) groups excluding carboxylic acids is 2. The molecule has 0 fully saturated rings. The summed E-state index contributed by atoms with van der Waals surface area (Å²) in [5, 5.41) is 3.40. The molecule has 2 heterocycles. The largest absolute Gasteiger partial charge is 0.324 e. The fraction of sp³-hybridized carbons (Fsp3) is 0.231. The van der Waals surface area contributed by atoms with Gasteiger partial charge in [-0.3, -0.25) is 19.0 Å². The summed E-state index contributed by atoms with van der Waals surface area (Å²) >= 11 is 1.48. The van der Waals surface area contributed by atoms with Gasteiger partial charge in [-0.15, -0.1) is 11.3 Å². The highest BCUT2D eigenvalue weighted by Crippen LogP contribution is 2.35. The lowest BCUT2D eigenvalue weighted by atomic mass is 10.0. The smallest absolute Gasteiger partial charge is 0.263 e. The highest BCUT2D eigenvalue weighted by molar-refractivity contribution is 7.19. The van der Waals surface area contributed by atoms with Crippen molar-refractivity contribution in [1.29, 1.82) is 0 Å². The number of benzene rings is 2. The molecule has 4 rings (SSSR count). The number of carbonyl (C=O) groups is 2. The first-order chi connectivity index (χ1) is 15.8. The summed E-state index contributed by atoms with van der Waals surface area (Å²) in [5.74, 6) is -0.346. The van der Waals surface area contributed by atoms with Crippen molar-refractivity contribution < 1.29 is 9.59 Å². The first-order valence-corrected chi connectivity index (χ1v) is 11.6. The number of Topliss-reactive ketones (excluding diaryl/α,β-unsaturated/α-hetero) is 1. The number of anilines is 1. The number of aromatic nitrogens is 2. The van der Waals surface area contributed by atoms with Crippen LogP contribution in [0, 0.1) is 13.8 Å². The maximum atomic E-state index is 13.6. The molecule has 0 bridgehead atoms. The van der Waals surface area contributed by atoms with Crippen LogP contribution in [0.25, 0.3) is 21.3 Å². The summed E-state index contributed by atoms with van der Waals surface area (Å²) < 4.78 is 1.42. The number of hydrogen-bond acceptors (Lipinski definition) is 5. The van der Waals surface area contributed by atoms with Gasteiger partial charge in [0.1, 0.15) is 10.9 Å². The van der Waals surface area contributed by atoms with E-state index < -0.39 is 6.04 Å². The Labute approximate surface area is 195 Å². The summed E-state index contributed by atoms with van der Waals surface area (Å²) in [4.78, 5) is 44.4. The Bertz CT molecular complexity index is 1400. The Morgan fingerprint density at radius 1 is 1.06 bits per heavy atom. The Morgan fingerprint density at radius 3 is 2.33 bits per heavy atom. The molecule has 0 spiro atoms. The summed E-state index contributed by atoms with van der Waals surface area (Å²) in [7, 11) is 0. The fourth-order valence-electron chi connectivity index (χ4n) is 3.93. The van der Waals surface area contributed by atoms with Gasteiger partial charge in [0, 0.05) is 21.7 Å². The molecule has 168 valence electrons. The molecule has 6 nitrogen and oxygen atoms in total. The molecule has 7 heteroatoms. The minimum atomic E-state index is -0.715. The molecule has 1 N–H and O–H groups in total. The highest BCUT2D eigenvalue weighted by Gasteiger charge is 2.24. The van der Waals surface area contributed by atoms with Crippen molar-refractivity contribution in [2.45, 2.75) is 40.2 Å². The number of aryl methyl sites for hydroxylation is 2. The Hall–Kier alpha value is -3.58. The summed E-state index contributed by atoms with van der Waals surface area (Å²) in [6, 6.07) is 14.0. The third kappa shape index (κ3) is 4.36. The molecule has 2 aromatic heterocycles. The summed E-state index contributed by atoms with van der Waals surface area (Å²) in [6.07, 6.45) is 1.89. The third-order valence-corrected chi connectivity index (χ3v) is 6.75. The molecular formula is C26H25N3O3S. The van der Waals surface area contributed by atoms with Gasteiger partial charge < -0.3 is 5.32 Å².